The first kappa shape index (κ1) is 16.7. The van der Waals surface area contributed by atoms with E-state index in [0.717, 1.165) is 32.1 Å². The monoisotopic (exact) mass is 276 g/mol. The van der Waals surface area contributed by atoms with E-state index >= 15 is 0 Å². The maximum Gasteiger partial charge on any atom is 0.314 e. The molecule has 1 aromatic rings. The van der Waals surface area contributed by atoms with Crippen LogP contribution in [0.5, 0.6) is 5.75 Å². The third-order valence-electron chi connectivity index (χ3n) is 3.61. The molecular weight excluding hydrogens is 248 g/mol. The van der Waals surface area contributed by atoms with Gasteiger partial charge in [-0.2, -0.15) is 0 Å². The molecular formula is C18H28O2. The van der Waals surface area contributed by atoms with Crippen molar-refractivity contribution in [3.8, 4) is 5.75 Å². The van der Waals surface area contributed by atoms with E-state index in [0.29, 0.717) is 5.75 Å². The molecule has 2 nitrogen and oxygen atoms in total. The van der Waals surface area contributed by atoms with Crippen LogP contribution in [0.2, 0.25) is 0 Å². The Balaban J connectivity index is 2.46. The highest BCUT2D eigenvalue weighted by atomic mass is 16.5. The summed E-state index contributed by atoms with van der Waals surface area (Å²) in [6.07, 6.45) is 8.98. The summed E-state index contributed by atoms with van der Waals surface area (Å²) in [4.78, 5) is 12.3. The van der Waals surface area contributed by atoms with Crippen molar-refractivity contribution in [2.45, 2.75) is 65.2 Å². The highest BCUT2D eigenvalue weighted by Gasteiger charge is 2.19. The lowest BCUT2D eigenvalue weighted by atomic mass is 9.95. The molecule has 1 rings (SSSR count). The van der Waals surface area contributed by atoms with Gasteiger partial charge >= 0.3 is 5.97 Å². The first-order chi connectivity index (χ1) is 9.77. The number of carbonyl (C=O) groups excluding carboxylic acids is 1. The molecule has 0 aliphatic rings. The Hall–Kier alpha value is -1.31. The van der Waals surface area contributed by atoms with Crippen molar-refractivity contribution in [1.29, 1.82) is 0 Å². The van der Waals surface area contributed by atoms with Crippen molar-refractivity contribution in [2.75, 3.05) is 0 Å². The highest BCUT2D eigenvalue weighted by Crippen LogP contribution is 2.20. The topological polar surface area (TPSA) is 26.3 Å². The minimum absolute atomic E-state index is 0.0545. The molecule has 0 aliphatic heterocycles. The highest BCUT2D eigenvalue weighted by molar-refractivity contribution is 5.75. The van der Waals surface area contributed by atoms with E-state index in [1.54, 1.807) is 0 Å². The lowest BCUT2D eigenvalue weighted by Crippen LogP contribution is -2.20. The van der Waals surface area contributed by atoms with Crippen LogP contribution in [0.1, 0.15) is 65.2 Å². The maximum atomic E-state index is 12.3. The molecule has 0 aromatic heterocycles. The van der Waals surface area contributed by atoms with Crippen molar-refractivity contribution >= 4 is 5.97 Å². The molecule has 0 aliphatic carbocycles. The fraction of sp³-hybridized carbons (Fsp3) is 0.611. The second-order valence-corrected chi connectivity index (χ2v) is 5.42. The third-order valence-corrected chi connectivity index (χ3v) is 3.61. The van der Waals surface area contributed by atoms with E-state index in [9.17, 15) is 4.79 Å². The molecule has 0 heterocycles. The standard InChI is InChI=1S/C18H28O2/c1-3-5-7-9-13-16(12-6-4-2)18(19)20-17-14-10-8-11-15-17/h8,10-11,14-16H,3-7,9,12-13H2,1-2H3. The Labute approximate surface area is 123 Å². The van der Waals surface area contributed by atoms with Gasteiger partial charge in [0.05, 0.1) is 5.92 Å². The number of carbonyl (C=O) groups is 1. The molecule has 112 valence electrons. The molecule has 0 saturated carbocycles. The molecule has 0 amide bonds. The predicted octanol–water partition coefficient (Wildman–Crippen LogP) is 5.37. The Bertz CT molecular complexity index is 359. The molecule has 1 unspecified atom stereocenters. The van der Waals surface area contributed by atoms with Crippen LogP contribution >= 0.6 is 0 Å². The smallest absolute Gasteiger partial charge is 0.314 e. The molecule has 2 heteroatoms. The van der Waals surface area contributed by atoms with Gasteiger partial charge in [0.25, 0.3) is 0 Å². The number of unbranched alkanes of at least 4 members (excludes halogenated alkanes) is 4. The lowest BCUT2D eigenvalue weighted by molar-refractivity contribution is -0.139. The van der Waals surface area contributed by atoms with E-state index in [-0.39, 0.29) is 11.9 Å². The number of hydrogen-bond acceptors (Lipinski definition) is 2. The van der Waals surface area contributed by atoms with Gasteiger partial charge in [-0.25, -0.2) is 0 Å². The minimum Gasteiger partial charge on any atom is -0.426 e. The van der Waals surface area contributed by atoms with Gasteiger partial charge in [-0.05, 0) is 25.0 Å². The van der Waals surface area contributed by atoms with E-state index in [2.05, 4.69) is 13.8 Å². The van der Waals surface area contributed by atoms with Crippen LogP contribution in [0.15, 0.2) is 30.3 Å². The number of esters is 1. The zero-order valence-electron chi connectivity index (χ0n) is 12.9. The first-order valence-electron chi connectivity index (χ1n) is 8.04. The van der Waals surface area contributed by atoms with Crippen LogP contribution in [0.4, 0.5) is 0 Å². The van der Waals surface area contributed by atoms with Gasteiger partial charge in [0, 0.05) is 0 Å². The van der Waals surface area contributed by atoms with Crippen molar-refractivity contribution in [3.05, 3.63) is 30.3 Å². The summed E-state index contributed by atoms with van der Waals surface area (Å²) in [7, 11) is 0. The number of para-hydroxylation sites is 1. The fourth-order valence-corrected chi connectivity index (χ4v) is 2.34. The van der Waals surface area contributed by atoms with Crippen LogP contribution in [-0.4, -0.2) is 5.97 Å². The number of rotatable bonds is 10. The summed E-state index contributed by atoms with van der Waals surface area (Å²) in [6, 6.07) is 9.39. The zero-order chi connectivity index (χ0) is 14.6. The summed E-state index contributed by atoms with van der Waals surface area (Å²) in [6.45, 7) is 4.37. The van der Waals surface area contributed by atoms with Crippen LogP contribution in [0.3, 0.4) is 0 Å². The average Bonchev–Trinajstić information content (AvgIpc) is 2.47. The van der Waals surface area contributed by atoms with Crippen LogP contribution < -0.4 is 4.74 Å². The van der Waals surface area contributed by atoms with Gasteiger partial charge in [-0.3, -0.25) is 4.79 Å². The van der Waals surface area contributed by atoms with Gasteiger partial charge in [-0.15, -0.1) is 0 Å². The van der Waals surface area contributed by atoms with E-state index in [1.165, 1.54) is 19.3 Å². The molecule has 1 aromatic carbocycles. The summed E-state index contributed by atoms with van der Waals surface area (Å²) < 4.78 is 5.49. The number of ether oxygens (including phenoxy) is 1. The predicted molar refractivity (Wildman–Crippen MR) is 83.9 cm³/mol. The molecule has 1 atom stereocenters. The van der Waals surface area contributed by atoms with E-state index in [4.69, 9.17) is 4.74 Å². The SMILES string of the molecule is CCCCCCC(CCCC)C(=O)Oc1ccccc1. The molecule has 0 N–H and O–H groups in total. The fourth-order valence-electron chi connectivity index (χ4n) is 2.34. The van der Waals surface area contributed by atoms with E-state index < -0.39 is 0 Å². The average molecular weight is 276 g/mol. The van der Waals surface area contributed by atoms with Gasteiger partial charge in [0.1, 0.15) is 5.75 Å². The van der Waals surface area contributed by atoms with Gasteiger partial charge in [0.2, 0.25) is 0 Å². The molecule has 0 radical (unpaired) electrons. The lowest BCUT2D eigenvalue weighted by Gasteiger charge is -2.15. The summed E-state index contributed by atoms with van der Waals surface area (Å²) >= 11 is 0. The summed E-state index contributed by atoms with van der Waals surface area (Å²) in [5, 5.41) is 0. The normalized spacial score (nSPS) is 12.1. The number of hydrogen-bond donors (Lipinski definition) is 0. The second kappa shape index (κ2) is 10.5. The third kappa shape index (κ3) is 6.74. The zero-order valence-corrected chi connectivity index (χ0v) is 12.9. The summed E-state index contributed by atoms with van der Waals surface area (Å²) in [5.41, 5.74) is 0. The molecule has 0 spiro atoms. The Morgan fingerprint density at radius 3 is 2.25 bits per heavy atom. The van der Waals surface area contributed by atoms with Gasteiger partial charge < -0.3 is 4.74 Å². The molecule has 0 bridgehead atoms. The van der Waals surface area contributed by atoms with Crippen molar-refractivity contribution in [1.82, 2.24) is 0 Å². The minimum atomic E-state index is -0.0545. The Kier molecular flexibility index (Phi) is 8.77. The Morgan fingerprint density at radius 1 is 0.950 bits per heavy atom. The van der Waals surface area contributed by atoms with Crippen molar-refractivity contribution < 1.29 is 9.53 Å². The van der Waals surface area contributed by atoms with Gasteiger partial charge in [0.15, 0.2) is 0 Å². The molecule has 0 saturated heterocycles. The summed E-state index contributed by atoms with van der Waals surface area (Å²) in [5.74, 6) is 0.667. The first-order valence-corrected chi connectivity index (χ1v) is 8.04. The largest absolute Gasteiger partial charge is 0.426 e. The molecule has 0 fully saturated rings. The van der Waals surface area contributed by atoms with Crippen molar-refractivity contribution in [3.63, 3.8) is 0 Å². The molecule has 20 heavy (non-hydrogen) atoms. The van der Waals surface area contributed by atoms with Crippen molar-refractivity contribution in [2.24, 2.45) is 5.92 Å². The quantitative estimate of drug-likeness (QED) is 0.326. The van der Waals surface area contributed by atoms with Crippen LogP contribution in [0.25, 0.3) is 0 Å². The van der Waals surface area contributed by atoms with Crippen LogP contribution in [0, 0.1) is 5.92 Å². The second-order valence-electron chi connectivity index (χ2n) is 5.42. The number of benzene rings is 1. The maximum absolute atomic E-state index is 12.3. The van der Waals surface area contributed by atoms with Gasteiger partial charge in [-0.1, -0.05) is 70.6 Å². The Morgan fingerprint density at radius 2 is 1.60 bits per heavy atom. The van der Waals surface area contributed by atoms with E-state index in [1.807, 2.05) is 30.3 Å². The van der Waals surface area contributed by atoms with Crippen LogP contribution in [-0.2, 0) is 4.79 Å².